The normalized spacial score (nSPS) is 21.2. The second-order valence-electron chi connectivity index (χ2n) is 8.51. The Morgan fingerprint density at radius 3 is 2.59 bits per heavy atom. The van der Waals surface area contributed by atoms with Gasteiger partial charge in [0.2, 0.25) is 5.91 Å². The van der Waals surface area contributed by atoms with Crippen LogP contribution < -0.4 is 10.6 Å². The van der Waals surface area contributed by atoms with Crippen LogP contribution in [0.25, 0.3) is 0 Å². The predicted molar refractivity (Wildman–Crippen MR) is 131 cm³/mol. The number of nitrogens with zero attached hydrogens (tertiary/aromatic N) is 2. The minimum absolute atomic E-state index is 0. The highest BCUT2D eigenvalue weighted by Crippen LogP contribution is 2.40. The van der Waals surface area contributed by atoms with Crippen LogP contribution in [0.1, 0.15) is 51.0 Å². The molecule has 0 aromatic heterocycles. The summed E-state index contributed by atoms with van der Waals surface area (Å²) in [7, 11) is 1.83. The first-order chi connectivity index (χ1) is 13.6. The number of halogens is 1. The van der Waals surface area contributed by atoms with E-state index in [9.17, 15) is 4.79 Å². The summed E-state index contributed by atoms with van der Waals surface area (Å²) in [6.07, 6.45) is 8.13. The zero-order valence-electron chi connectivity index (χ0n) is 18.0. The van der Waals surface area contributed by atoms with Gasteiger partial charge < -0.3 is 15.5 Å². The van der Waals surface area contributed by atoms with Gasteiger partial charge in [0.05, 0.1) is 0 Å². The number of rotatable bonds is 8. The molecule has 2 N–H and O–H groups in total. The van der Waals surface area contributed by atoms with E-state index in [1.54, 1.807) is 0 Å². The average Bonchev–Trinajstić information content (AvgIpc) is 3.34. The number of guanidine groups is 1. The van der Waals surface area contributed by atoms with Crippen LogP contribution in [0.4, 0.5) is 0 Å². The summed E-state index contributed by atoms with van der Waals surface area (Å²) in [5.74, 6) is 1.50. The summed E-state index contributed by atoms with van der Waals surface area (Å²) in [4.78, 5) is 18.8. The molecule has 1 aromatic rings. The van der Waals surface area contributed by atoms with E-state index in [1.165, 1.54) is 37.7 Å². The van der Waals surface area contributed by atoms with Gasteiger partial charge in [0, 0.05) is 45.6 Å². The Morgan fingerprint density at radius 1 is 1.21 bits per heavy atom. The van der Waals surface area contributed by atoms with Gasteiger partial charge in [-0.05, 0) is 36.7 Å². The van der Waals surface area contributed by atoms with E-state index in [-0.39, 0.29) is 29.9 Å². The molecule has 1 heterocycles. The Kier molecular flexibility index (Phi) is 9.72. The SMILES string of the molecule is CCC1(CNC(=NC)NCC2CC(=O)N(CCc3ccccc3)C2)CCCC1.I. The Hall–Kier alpha value is -1.31. The Labute approximate surface area is 193 Å². The molecule has 162 valence electrons. The molecule has 6 heteroatoms. The van der Waals surface area contributed by atoms with Crippen LogP contribution in [0.2, 0.25) is 0 Å². The molecule has 29 heavy (non-hydrogen) atoms. The predicted octanol–water partition coefficient (Wildman–Crippen LogP) is 3.83. The van der Waals surface area contributed by atoms with Crippen molar-refractivity contribution < 1.29 is 4.79 Å². The van der Waals surface area contributed by atoms with Gasteiger partial charge in [-0.25, -0.2) is 0 Å². The summed E-state index contributed by atoms with van der Waals surface area (Å²) < 4.78 is 0. The van der Waals surface area contributed by atoms with Crippen LogP contribution in [-0.4, -0.2) is 50.0 Å². The number of hydrogen-bond donors (Lipinski definition) is 2. The van der Waals surface area contributed by atoms with Crippen molar-refractivity contribution in [3.05, 3.63) is 35.9 Å². The van der Waals surface area contributed by atoms with Gasteiger partial charge in [0.1, 0.15) is 0 Å². The number of hydrogen-bond acceptors (Lipinski definition) is 2. The smallest absolute Gasteiger partial charge is 0.223 e. The molecule has 0 spiro atoms. The Bertz CT molecular complexity index is 658. The summed E-state index contributed by atoms with van der Waals surface area (Å²) in [6, 6.07) is 10.4. The molecule has 1 aliphatic carbocycles. The van der Waals surface area contributed by atoms with Crippen molar-refractivity contribution in [1.29, 1.82) is 0 Å². The number of carbonyl (C=O) groups is 1. The molecule has 5 nitrogen and oxygen atoms in total. The molecule has 1 saturated heterocycles. The van der Waals surface area contributed by atoms with Crippen molar-refractivity contribution in [2.45, 2.75) is 51.9 Å². The maximum atomic E-state index is 12.4. The van der Waals surface area contributed by atoms with Crippen LogP contribution in [0.3, 0.4) is 0 Å². The van der Waals surface area contributed by atoms with Crippen LogP contribution >= 0.6 is 24.0 Å². The number of aliphatic imine (C=N–C) groups is 1. The molecule has 1 atom stereocenters. The quantitative estimate of drug-likeness (QED) is 0.316. The Morgan fingerprint density at radius 2 is 1.93 bits per heavy atom. The molecule has 0 bridgehead atoms. The number of carbonyl (C=O) groups excluding carboxylic acids is 1. The first-order valence-corrected chi connectivity index (χ1v) is 10.9. The maximum absolute atomic E-state index is 12.4. The molecule has 2 aliphatic rings. The lowest BCUT2D eigenvalue weighted by molar-refractivity contribution is -0.127. The van der Waals surface area contributed by atoms with Gasteiger partial charge in [0.25, 0.3) is 0 Å². The molecule has 0 radical (unpaired) electrons. The summed E-state index contributed by atoms with van der Waals surface area (Å²) in [6.45, 7) is 5.75. The minimum atomic E-state index is 0. The molecule has 1 aliphatic heterocycles. The highest BCUT2D eigenvalue weighted by atomic mass is 127. The lowest BCUT2D eigenvalue weighted by Gasteiger charge is -2.28. The Balaban J connectivity index is 0.00000300. The molecular formula is C23H37IN4O. The third-order valence-electron chi connectivity index (χ3n) is 6.63. The highest BCUT2D eigenvalue weighted by molar-refractivity contribution is 14.0. The summed E-state index contributed by atoms with van der Waals surface area (Å²) in [5, 5.41) is 6.99. The monoisotopic (exact) mass is 512 g/mol. The van der Waals surface area contributed by atoms with E-state index in [0.29, 0.717) is 17.8 Å². The van der Waals surface area contributed by atoms with Gasteiger partial charge in [0.15, 0.2) is 5.96 Å². The van der Waals surface area contributed by atoms with Gasteiger partial charge in [-0.2, -0.15) is 0 Å². The van der Waals surface area contributed by atoms with Crippen molar-refractivity contribution >= 4 is 35.8 Å². The fraction of sp³-hybridized carbons (Fsp3) is 0.652. The van der Waals surface area contributed by atoms with E-state index in [2.05, 4.69) is 46.8 Å². The molecule has 1 saturated carbocycles. The molecule has 1 unspecified atom stereocenters. The molecular weight excluding hydrogens is 475 g/mol. The number of benzene rings is 1. The van der Waals surface area contributed by atoms with Crippen molar-refractivity contribution in [3.63, 3.8) is 0 Å². The third kappa shape index (κ3) is 6.86. The molecule has 1 aromatic carbocycles. The van der Waals surface area contributed by atoms with Crippen LogP contribution in [0, 0.1) is 11.3 Å². The van der Waals surface area contributed by atoms with Gasteiger partial charge in [-0.1, -0.05) is 50.1 Å². The number of nitrogens with one attached hydrogen (secondary N) is 2. The lowest BCUT2D eigenvalue weighted by Crippen LogP contribution is -2.44. The van der Waals surface area contributed by atoms with E-state index in [4.69, 9.17) is 0 Å². The topological polar surface area (TPSA) is 56.7 Å². The lowest BCUT2D eigenvalue weighted by atomic mass is 9.83. The first kappa shape index (κ1) is 24.0. The van der Waals surface area contributed by atoms with Crippen LogP contribution in [0.5, 0.6) is 0 Å². The largest absolute Gasteiger partial charge is 0.356 e. The fourth-order valence-electron chi connectivity index (χ4n) is 4.63. The van der Waals surface area contributed by atoms with E-state index in [1.807, 2.05) is 18.0 Å². The molecule has 1 amide bonds. The molecule has 3 rings (SSSR count). The molecule has 2 fully saturated rings. The number of amides is 1. The van der Waals surface area contributed by atoms with Crippen molar-refractivity contribution in [2.24, 2.45) is 16.3 Å². The van der Waals surface area contributed by atoms with Crippen LogP contribution in [-0.2, 0) is 11.2 Å². The highest BCUT2D eigenvalue weighted by Gasteiger charge is 2.32. The second-order valence-corrected chi connectivity index (χ2v) is 8.51. The van der Waals surface area contributed by atoms with E-state index < -0.39 is 0 Å². The van der Waals surface area contributed by atoms with Gasteiger partial charge >= 0.3 is 0 Å². The zero-order chi connectivity index (χ0) is 19.8. The fourth-order valence-corrected chi connectivity index (χ4v) is 4.63. The number of likely N-dealkylation sites (tertiary alicyclic amines) is 1. The van der Waals surface area contributed by atoms with E-state index >= 15 is 0 Å². The summed E-state index contributed by atoms with van der Waals surface area (Å²) >= 11 is 0. The zero-order valence-corrected chi connectivity index (χ0v) is 20.3. The maximum Gasteiger partial charge on any atom is 0.223 e. The van der Waals surface area contributed by atoms with Crippen molar-refractivity contribution in [3.8, 4) is 0 Å². The summed E-state index contributed by atoms with van der Waals surface area (Å²) in [5.41, 5.74) is 1.73. The second kappa shape index (κ2) is 11.8. The van der Waals surface area contributed by atoms with Crippen molar-refractivity contribution in [2.75, 3.05) is 33.2 Å². The average molecular weight is 512 g/mol. The first-order valence-electron chi connectivity index (χ1n) is 10.9. The minimum Gasteiger partial charge on any atom is -0.356 e. The van der Waals surface area contributed by atoms with Crippen molar-refractivity contribution in [1.82, 2.24) is 15.5 Å². The van der Waals surface area contributed by atoms with E-state index in [0.717, 1.165) is 38.6 Å². The third-order valence-corrected chi connectivity index (χ3v) is 6.63. The van der Waals surface area contributed by atoms with Crippen LogP contribution in [0.15, 0.2) is 35.3 Å². The van der Waals surface area contributed by atoms with Gasteiger partial charge in [-0.15, -0.1) is 24.0 Å². The standard InChI is InChI=1S/C23H36N4O.HI/c1-3-23(12-7-8-13-23)18-26-22(24-2)25-16-20-15-21(28)27(17-20)14-11-19-9-5-4-6-10-19;/h4-6,9-10,20H,3,7-8,11-18H2,1-2H3,(H2,24,25,26);1H. The van der Waals surface area contributed by atoms with Gasteiger partial charge in [-0.3, -0.25) is 9.79 Å².